The number of rotatable bonds is 1. The van der Waals surface area contributed by atoms with Crippen LogP contribution in [0.25, 0.3) is 0 Å². The number of hydrogen-bond acceptors (Lipinski definition) is 3. The monoisotopic (exact) mass is 241 g/mol. The number of benzene rings is 1. The Morgan fingerprint density at radius 2 is 2.19 bits per heavy atom. The number of ether oxygens (including phenoxy) is 2. The second kappa shape index (κ2) is 5.04. The lowest BCUT2D eigenvalue weighted by atomic mass is 10.0. The summed E-state index contributed by atoms with van der Waals surface area (Å²) in [5.41, 5.74) is 2.59. The molecule has 2 aliphatic rings. The number of hydrogen-bond donors (Lipinski definition) is 1. The van der Waals surface area contributed by atoms with Crippen LogP contribution in [0.15, 0.2) is 18.2 Å². The Bertz CT molecular complexity index is 364. The number of nitrogens with one attached hydrogen (secondary N) is 1. The van der Waals surface area contributed by atoms with Gasteiger partial charge < -0.3 is 14.8 Å². The van der Waals surface area contributed by atoms with Crippen molar-refractivity contribution in [3.8, 4) is 5.75 Å². The maximum Gasteiger partial charge on any atom is 0.122 e. The standard InChI is InChI=1S/C12H15NO2.ClH/c1-2-11-10(3-5-14-11)7-9(1)12-8-13-4-6-15-12;/h1-2,7,12-13H,3-6,8H2;1H. The van der Waals surface area contributed by atoms with Crippen LogP contribution in [0.5, 0.6) is 5.75 Å². The van der Waals surface area contributed by atoms with Crippen LogP contribution < -0.4 is 10.1 Å². The molecule has 1 aromatic carbocycles. The molecule has 0 saturated carbocycles. The molecule has 0 amide bonds. The molecule has 3 nitrogen and oxygen atoms in total. The first kappa shape index (κ1) is 11.7. The smallest absolute Gasteiger partial charge is 0.122 e. The molecule has 1 saturated heterocycles. The van der Waals surface area contributed by atoms with Gasteiger partial charge in [0.2, 0.25) is 0 Å². The molecule has 0 bridgehead atoms. The van der Waals surface area contributed by atoms with Crippen molar-refractivity contribution in [3.63, 3.8) is 0 Å². The fourth-order valence-electron chi connectivity index (χ4n) is 2.19. The van der Waals surface area contributed by atoms with Crippen molar-refractivity contribution in [1.29, 1.82) is 0 Å². The van der Waals surface area contributed by atoms with Gasteiger partial charge in [0, 0.05) is 19.5 Å². The van der Waals surface area contributed by atoms with E-state index in [1.165, 1.54) is 11.1 Å². The molecule has 3 rings (SSSR count). The predicted molar refractivity (Wildman–Crippen MR) is 64.5 cm³/mol. The summed E-state index contributed by atoms with van der Waals surface area (Å²) in [5, 5.41) is 3.34. The summed E-state index contributed by atoms with van der Waals surface area (Å²) in [6, 6.07) is 6.40. The quantitative estimate of drug-likeness (QED) is 0.812. The van der Waals surface area contributed by atoms with Gasteiger partial charge in [0.05, 0.1) is 19.3 Å². The zero-order valence-electron chi connectivity index (χ0n) is 9.07. The van der Waals surface area contributed by atoms with Crippen molar-refractivity contribution in [2.24, 2.45) is 0 Å². The third-order valence-electron chi connectivity index (χ3n) is 3.01. The summed E-state index contributed by atoms with van der Waals surface area (Å²) in [7, 11) is 0. The van der Waals surface area contributed by atoms with Gasteiger partial charge >= 0.3 is 0 Å². The fourth-order valence-corrected chi connectivity index (χ4v) is 2.19. The molecule has 1 aromatic rings. The zero-order valence-corrected chi connectivity index (χ0v) is 9.89. The maximum absolute atomic E-state index is 5.72. The Labute approximate surface area is 102 Å². The van der Waals surface area contributed by atoms with Crippen LogP contribution in [0, 0.1) is 0 Å². The highest BCUT2D eigenvalue weighted by molar-refractivity contribution is 5.85. The molecule has 2 heterocycles. The lowest BCUT2D eigenvalue weighted by Crippen LogP contribution is -2.33. The van der Waals surface area contributed by atoms with Gasteiger partial charge in [0.1, 0.15) is 5.75 Å². The second-order valence-electron chi connectivity index (χ2n) is 4.03. The Hall–Kier alpha value is -0.770. The molecule has 88 valence electrons. The van der Waals surface area contributed by atoms with E-state index in [2.05, 4.69) is 23.5 Å². The van der Waals surface area contributed by atoms with E-state index in [9.17, 15) is 0 Å². The van der Waals surface area contributed by atoms with Crippen molar-refractivity contribution in [2.75, 3.05) is 26.3 Å². The Morgan fingerprint density at radius 1 is 1.25 bits per heavy atom. The molecule has 0 radical (unpaired) electrons. The molecule has 2 aliphatic heterocycles. The summed E-state index contributed by atoms with van der Waals surface area (Å²) in [6.07, 6.45) is 1.24. The molecule has 0 aromatic heterocycles. The van der Waals surface area contributed by atoms with Crippen LogP contribution in [0.3, 0.4) is 0 Å². The Balaban J connectivity index is 0.000000963. The molecule has 1 atom stereocenters. The number of halogens is 1. The molecule has 1 fully saturated rings. The van der Waals surface area contributed by atoms with Crippen LogP contribution >= 0.6 is 12.4 Å². The Kier molecular flexibility index (Phi) is 3.69. The van der Waals surface area contributed by atoms with Gasteiger partial charge in [-0.3, -0.25) is 0 Å². The highest BCUT2D eigenvalue weighted by atomic mass is 35.5. The first-order valence-corrected chi connectivity index (χ1v) is 5.51. The largest absolute Gasteiger partial charge is 0.493 e. The van der Waals surface area contributed by atoms with Crippen molar-refractivity contribution < 1.29 is 9.47 Å². The first-order valence-electron chi connectivity index (χ1n) is 5.51. The summed E-state index contributed by atoms with van der Waals surface area (Å²) >= 11 is 0. The third-order valence-corrected chi connectivity index (χ3v) is 3.01. The highest BCUT2D eigenvalue weighted by Crippen LogP contribution is 2.29. The number of fused-ring (bicyclic) bond motifs is 1. The summed E-state index contributed by atoms with van der Waals surface area (Å²) in [6.45, 7) is 3.50. The minimum Gasteiger partial charge on any atom is -0.493 e. The van der Waals surface area contributed by atoms with Gasteiger partial charge in [0.25, 0.3) is 0 Å². The van der Waals surface area contributed by atoms with Gasteiger partial charge in [-0.2, -0.15) is 0 Å². The average Bonchev–Trinajstić information content (AvgIpc) is 2.77. The van der Waals surface area contributed by atoms with Crippen LogP contribution in [0.1, 0.15) is 17.2 Å². The third kappa shape index (κ3) is 2.17. The minimum atomic E-state index is 0. The summed E-state index contributed by atoms with van der Waals surface area (Å²) in [4.78, 5) is 0. The van der Waals surface area contributed by atoms with Crippen molar-refractivity contribution in [3.05, 3.63) is 29.3 Å². The van der Waals surface area contributed by atoms with Crippen molar-refractivity contribution in [1.82, 2.24) is 5.32 Å². The molecule has 4 heteroatoms. The maximum atomic E-state index is 5.72. The summed E-state index contributed by atoms with van der Waals surface area (Å²) < 4.78 is 11.2. The predicted octanol–water partition coefficient (Wildman–Crippen LogP) is 1.70. The lowest BCUT2D eigenvalue weighted by Gasteiger charge is -2.24. The summed E-state index contributed by atoms with van der Waals surface area (Å²) in [5.74, 6) is 1.04. The van der Waals surface area contributed by atoms with Gasteiger partial charge in [-0.1, -0.05) is 6.07 Å². The van der Waals surface area contributed by atoms with Gasteiger partial charge in [0.15, 0.2) is 0 Å². The van der Waals surface area contributed by atoms with Gasteiger partial charge in [-0.25, -0.2) is 0 Å². The molecule has 16 heavy (non-hydrogen) atoms. The van der Waals surface area contributed by atoms with Crippen LogP contribution in [0.4, 0.5) is 0 Å². The van der Waals surface area contributed by atoms with E-state index in [1.54, 1.807) is 0 Å². The van der Waals surface area contributed by atoms with E-state index in [4.69, 9.17) is 9.47 Å². The average molecular weight is 242 g/mol. The topological polar surface area (TPSA) is 30.5 Å². The molecule has 1 N–H and O–H groups in total. The van der Waals surface area contributed by atoms with Crippen LogP contribution in [-0.4, -0.2) is 26.3 Å². The molecule has 0 spiro atoms. The molecular formula is C12H16ClNO2. The van der Waals surface area contributed by atoms with Gasteiger partial charge in [-0.05, 0) is 23.3 Å². The normalized spacial score (nSPS) is 23.1. The van der Waals surface area contributed by atoms with Gasteiger partial charge in [-0.15, -0.1) is 12.4 Å². The first-order chi connectivity index (χ1) is 7.43. The Morgan fingerprint density at radius 3 is 3.00 bits per heavy atom. The fraction of sp³-hybridized carbons (Fsp3) is 0.500. The lowest BCUT2D eigenvalue weighted by molar-refractivity contribution is 0.0276. The van der Waals surface area contributed by atoms with E-state index in [1.807, 2.05) is 0 Å². The van der Waals surface area contributed by atoms with E-state index < -0.39 is 0 Å². The molecule has 0 aliphatic carbocycles. The van der Waals surface area contributed by atoms with Crippen LogP contribution in [-0.2, 0) is 11.2 Å². The molecule has 1 unspecified atom stereocenters. The second-order valence-corrected chi connectivity index (χ2v) is 4.03. The van der Waals surface area contributed by atoms with Crippen molar-refractivity contribution in [2.45, 2.75) is 12.5 Å². The van der Waals surface area contributed by atoms with Crippen LogP contribution in [0.2, 0.25) is 0 Å². The zero-order chi connectivity index (χ0) is 10.1. The highest BCUT2D eigenvalue weighted by Gasteiger charge is 2.19. The number of morpholine rings is 1. The van der Waals surface area contributed by atoms with Crippen molar-refractivity contribution >= 4 is 12.4 Å². The van der Waals surface area contributed by atoms with E-state index >= 15 is 0 Å². The van der Waals surface area contributed by atoms with E-state index in [-0.39, 0.29) is 18.5 Å². The SMILES string of the molecule is Cl.c1cc2c(cc1C1CNCCO1)CCO2. The molecular weight excluding hydrogens is 226 g/mol. The minimum absolute atomic E-state index is 0. The van der Waals surface area contributed by atoms with E-state index in [0.717, 1.165) is 38.5 Å². The van der Waals surface area contributed by atoms with E-state index in [0.29, 0.717) is 0 Å².